The third-order valence-corrected chi connectivity index (χ3v) is 34.5. The van der Waals surface area contributed by atoms with E-state index >= 15 is 0 Å². The molecule has 0 nitrogen and oxygen atoms in total. The summed E-state index contributed by atoms with van der Waals surface area (Å²) in [5.74, 6) is 5.28. The molecule has 2 aliphatic carbocycles. The Kier molecular flexibility index (Phi) is 8.54. The van der Waals surface area contributed by atoms with Gasteiger partial charge in [0.1, 0.15) is 0 Å². The Morgan fingerprint density at radius 3 is 2.24 bits per heavy atom. The van der Waals surface area contributed by atoms with E-state index in [4.69, 9.17) is 0 Å². The SMILES string of the molecule is CC1=Cc2ccccc2[CH]1[Zr+2]([C]1=CC(C(C)(C)C)=CC1)=[Ge]([CH3])[CH3].[Cl-].[Cl-]. The van der Waals surface area contributed by atoms with Crippen LogP contribution in [0, 0.1) is 5.41 Å². The molecule has 1 atom stereocenters. The summed E-state index contributed by atoms with van der Waals surface area (Å²) >= 11 is -1.61. The van der Waals surface area contributed by atoms with Crippen molar-refractivity contribution in [1.29, 1.82) is 0 Å². The van der Waals surface area contributed by atoms with E-state index in [1.165, 1.54) is 12.0 Å². The number of hydrogen-bond donors (Lipinski definition) is 0. The van der Waals surface area contributed by atoms with Crippen molar-refractivity contribution in [2.24, 2.45) is 5.41 Å². The normalized spacial score (nSPS) is 18.0. The van der Waals surface area contributed by atoms with Crippen molar-refractivity contribution in [3.63, 3.8) is 0 Å². The van der Waals surface area contributed by atoms with Gasteiger partial charge in [-0.3, -0.25) is 0 Å². The van der Waals surface area contributed by atoms with Crippen LogP contribution in [0.1, 0.15) is 48.9 Å². The summed E-state index contributed by atoms with van der Waals surface area (Å²) in [6, 6.07) is 9.15. The molecular formula is C21H28Cl2GeZr. The second-order valence-electron chi connectivity index (χ2n) is 8.15. The molecule has 134 valence electrons. The zero-order chi connectivity index (χ0) is 16.8. The Balaban J connectivity index is 0.00000156. The summed E-state index contributed by atoms with van der Waals surface area (Å²) < 4.78 is 2.71. The summed E-state index contributed by atoms with van der Waals surface area (Å²) in [4.78, 5) is 0. The maximum Gasteiger partial charge on any atom is -1.00 e. The van der Waals surface area contributed by atoms with Gasteiger partial charge in [-0.15, -0.1) is 0 Å². The summed E-state index contributed by atoms with van der Waals surface area (Å²) in [6.45, 7) is 9.45. The van der Waals surface area contributed by atoms with E-state index < -0.39 is 28.6 Å². The first-order valence-electron chi connectivity index (χ1n) is 8.65. The van der Waals surface area contributed by atoms with E-state index in [2.05, 4.69) is 81.7 Å². The maximum atomic E-state index is 2.64. The molecular weight excluding hydrogens is 487 g/mol. The predicted molar refractivity (Wildman–Crippen MR) is 101 cm³/mol. The minimum atomic E-state index is -1.61. The Labute approximate surface area is 174 Å². The van der Waals surface area contributed by atoms with Crippen molar-refractivity contribution in [1.82, 2.24) is 0 Å². The van der Waals surface area contributed by atoms with E-state index in [0.717, 1.165) is 3.63 Å². The molecule has 0 saturated carbocycles. The van der Waals surface area contributed by atoms with Crippen molar-refractivity contribution in [2.75, 3.05) is 0 Å². The van der Waals surface area contributed by atoms with Crippen molar-refractivity contribution < 1.29 is 43.4 Å². The first-order valence-corrected chi connectivity index (χ1v) is 22.9. The summed E-state index contributed by atoms with van der Waals surface area (Å²) in [7, 11) is -0.908. The average molecular weight is 515 g/mol. The minimum absolute atomic E-state index is 0. The maximum absolute atomic E-state index is 2.64. The molecule has 0 radical (unpaired) electrons. The van der Waals surface area contributed by atoms with Gasteiger partial charge in [-0.25, -0.2) is 0 Å². The number of fused-ring (bicyclic) bond motifs is 1. The zero-order valence-electron chi connectivity index (χ0n) is 16.1. The van der Waals surface area contributed by atoms with Gasteiger partial charge in [0, 0.05) is 0 Å². The Morgan fingerprint density at radius 2 is 1.68 bits per heavy atom. The molecule has 0 aliphatic heterocycles. The number of rotatable bonds is 2. The minimum Gasteiger partial charge on any atom is -1.00 e. The summed E-state index contributed by atoms with van der Waals surface area (Å²) in [5.41, 5.74) is 6.68. The molecule has 25 heavy (non-hydrogen) atoms. The van der Waals surface area contributed by atoms with Crippen LogP contribution in [0.3, 0.4) is 0 Å². The molecule has 1 unspecified atom stereocenters. The second kappa shape index (κ2) is 9.09. The molecule has 0 bridgehead atoms. The fraction of sp³-hybridized carbons (Fsp3) is 0.429. The van der Waals surface area contributed by atoms with Crippen molar-refractivity contribution in [3.8, 4) is 0 Å². The molecule has 0 heterocycles. The van der Waals surface area contributed by atoms with Gasteiger partial charge in [0.25, 0.3) is 0 Å². The van der Waals surface area contributed by atoms with Gasteiger partial charge in [-0.1, -0.05) is 0 Å². The van der Waals surface area contributed by atoms with Crippen LogP contribution in [0.5, 0.6) is 0 Å². The largest absolute Gasteiger partial charge is 1.00 e. The van der Waals surface area contributed by atoms with Gasteiger partial charge in [-0.2, -0.15) is 0 Å². The monoisotopic (exact) mass is 514 g/mol. The van der Waals surface area contributed by atoms with Crippen LogP contribution in [-0.2, 0) is 18.6 Å². The Bertz CT molecular complexity index is 775. The molecule has 4 heteroatoms. The topological polar surface area (TPSA) is 0 Å². The van der Waals surface area contributed by atoms with Gasteiger partial charge in [0.15, 0.2) is 0 Å². The summed E-state index contributed by atoms with van der Waals surface area (Å²) in [5, 5.41) is 0. The number of hydrogen-bond acceptors (Lipinski definition) is 0. The fourth-order valence-electron chi connectivity index (χ4n) is 3.89. The average Bonchev–Trinajstić information content (AvgIpc) is 3.05. The van der Waals surface area contributed by atoms with Crippen LogP contribution in [0.15, 0.2) is 50.8 Å². The number of halogens is 2. The van der Waals surface area contributed by atoms with Gasteiger partial charge in [-0.05, 0) is 0 Å². The molecule has 0 amide bonds. The van der Waals surface area contributed by atoms with Gasteiger partial charge in [0.05, 0.1) is 0 Å². The predicted octanol–water partition coefficient (Wildman–Crippen LogP) is 0.282. The third-order valence-electron chi connectivity index (χ3n) is 5.06. The molecule has 0 aromatic heterocycles. The molecule has 0 fully saturated rings. The second-order valence-corrected chi connectivity index (χ2v) is 36.8. The number of benzene rings is 1. The van der Waals surface area contributed by atoms with Crippen LogP contribution >= 0.6 is 0 Å². The van der Waals surface area contributed by atoms with E-state index in [0.29, 0.717) is 5.41 Å². The summed E-state index contributed by atoms with van der Waals surface area (Å²) in [6.07, 6.45) is 8.88. The van der Waals surface area contributed by atoms with Crippen LogP contribution in [0.4, 0.5) is 0 Å². The van der Waals surface area contributed by atoms with Crippen LogP contribution in [-0.4, -0.2) is 9.98 Å². The quantitative estimate of drug-likeness (QED) is 0.497. The number of allylic oxidation sites excluding steroid dienone is 5. The van der Waals surface area contributed by atoms with E-state index in [9.17, 15) is 0 Å². The third kappa shape index (κ3) is 4.84. The van der Waals surface area contributed by atoms with E-state index in [1.807, 2.05) is 3.28 Å². The zero-order valence-corrected chi connectivity index (χ0v) is 22.1. The fourth-order valence-corrected chi connectivity index (χ4v) is 34.1. The van der Waals surface area contributed by atoms with E-state index in [-0.39, 0.29) is 24.8 Å². The molecule has 0 spiro atoms. The van der Waals surface area contributed by atoms with Gasteiger partial charge < -0.3 is 24.8 Å². The standard InChI is InChI=1S/C10H9.C9H13.C2H6Ge.2ClH.Zr/c1-8-6-9-4-2-3-5-10(9)7-8;1-9(2,3)8-6-4-5-7-8;1-3-2;;;/h2-7H,1H3;6-7H,4H2,1-3H3;1-2H3;2*1H;/q;;;;;+2/p-2. The Morgan fingerprint density at radius 1 is 1.04 bits per heavy atom. The first kappa shape index (κ1) is 23.5. The molecule has 1 aromatic rings. The van der Waals surface area contributed by atoms with Crippen LogP contribution in [0.2, 0.25) is 11.5 Å². The molecule has 0 saturated heterocycles. The molecule has 1 aromatic carbocycles. The van der Waals surface area contributed by atoms with Crippen LogP contribution < -0.4 is 24.8 Å². The van der Waals surface area contributed by atoms with Gasteiger partial charge >= 0.3 is 151 Å². The molecule has 0 N–H and O–H groups in total. The first-order chi connectivity index (χ1) is 10.8. The van der Waals surface area contributed by atoms with Gasteiger partial charge in [0.2, 0.25) is 0 Å². The molecule has 2 aliphatic rings. The van der Waals surface area contributed by atoms with Crippen LogP contribution in [0.25, 0.3) is 6.08 Å². The molecule has 3 rings (SSSR count). The Hall–Kier alpha value is 0.446. The van der Waals surface area contributed by atoms with E-state index in [1.54, 1.807) is 16.7 Å². The van der Waals surface area contributed by atoms with Crippen molar-refractivity contribution >= 4 is 16.1 Å². The van der Waals surface area contributed by atoms with Crippen molar-refractivity contribution in [2.45, 2.75) is 49.3 Å². The smallest absolute Gasteiger partial charge is 1.00 e. The van der Waals surface area contributed by atoms with Crippen molar-refractivity contribution in [3.05, 3.63) is 62.0 Å².